The van der Waals surface area contributed by atoms with Gasteiger partial charge in [0.15, 0.2) is 11.2 Å². The number of rotatable bonds is 9. The molecule has 0 spiro atoms. The Morgan fingerprint density at radius 2 is 1.83 bits per heavy atom. The molecular formula is C33H32ClN7O5S. The number of hydrogen-bond donors (Lipinski definition) is 5. The van der Waals surface area contributed by atoms with E-state index in [0.717, 1.165) is 15.9 Å². The van der Waals surface area contributed by atoms with E-state index in [0.29, 0.717) is 33.5 Å². The molecule has 0 radical (unpaired) electrons. The molecule has 0 fully saturated rings. The molecule has 12 nitrogen and oxygen atoms in total. The van der Waals surface area contributed by atoms with Gasteiger partial charge in [0.05, 0.1) is 39.4 Å². The van der Waals surface area contributed by atoms with Crippen molar-refractivity contribution in [3.63, 3.8) is 0 Å². The monoisotopic (exact) mass is 673 g/mol. The van der Waals surface area contributed by atoms with Crippen molar-refractivity contribution < 1.29 is 24.5 Å². The van der Waals surface area contributed by atoms with Crippen molar-refractivity contribution >= 4 is 55.9 Å². The molecule has 6 aromatic rings. The number of nitrogens with one attached hydrogen (secondary N) is 3. The molecule has 3 amide bonds. The van der Waals surface area contributed by atoms with Crippen LogP contribution in [0.15, 0.2) is 79.0 Å². The molecule has 5 N–H and O–H groups in total. The Morgan fingerprint density at radius 1 is 1.06 bits per heavy atom. The minimum atomic E-state index is -1.07. The second-order valence-electron chi connectivity index (χ2n) is 11.7. The van der Waals surface area contributed by atoms with Gasteiger partial charge in [0.1, 0.15) is 23.0 Å². The number of para-hydroxylation sites is 2. The predicted octanol–water partition coefficient (Wildman–Crippen LogP) is 5.84. The van der Waals surface area contributed by atoms with E-state index < -0.39 is 24.8 Å². The zero-order valence-corrected chi connectivity index (χ0v) is 27.3. The SMILES string of the molecule is CC(C)(C)c1cc(NC(=O)NCc2ccccc2OC(CO)NC(=O)c2cnc3sc4ccccc4n23)n(-c2ccc(O)c(Cl)c2)n1. The largest absolute Gasteiger partial charge is 0.506 e. The number of fused-ring (bicyclic) bond motifs is 3. The molecule has 0 aliphatic carbocycles. The van der Waals surface area contributed by atoms with Crippen molar-refractivity contribution in [1.29, 1.82) is 0 Å². The van der Waals surface area contributed by atoms with Crippen LogP contribution in [0.3, 0.4) is 0 Å². The summed E-state index contributed by atoms with van der Waals surface area (Å²) in [4.78, 5) is 31.4. The van der Waals surface area contributed by atoms with Crippen LogP contribution in [0.4, 0.5) is 10.6 Å². The molecule has 0 aliphatic rings. The van der Waals surface area contributed by atoms with Crippen molar-refractivity contribution in [2.24, 2.45) is 0 Å². The molecule has 47 heavy (non-hydrogen) atoms. The lowest BCUT2D eigenvalue weighted by molar-refractivity contribution is 0.0649. The zero-order chi connectivity index (χ0) is 33.3. The number of thiazole rings is 1. The van der Waals surface area contributed by atoms with Crippen LogP contribution in [0, 0.1) is 0 Å². The van der Waals surface area contributed by atoms with Gasteiger partial charge in [-0.15, -0.1) is 0 Å². The van der Waals surface area contributed by atoms with Gasteiger partial charge in [-0.3, -0.25) is 14.5 Å². The Hall–Kier alpha value is -5.11. The third-order valence-corrected chi connectivity index (χ3v) is 8.64. The van der Waals surface area contributed by atoms with Gasteiger partial charge in [-0.05, 0) is 36.4 Å². The first-order chi connectivity index (χ1) is 22.5. The summed E-state index contributed by atoms with van der Waals surface area (Å²) in [5.41, 5.74) is 2.76. The summed E-state index contributed by atoms with van der Waals surface area (Å²) in [7, 11) is 0. The quantitative estimate of drug-likeness (QED) is 0.121. The Labute approximate surface area is 278 Å². The van der Waals surface area contributed by atoms with E-state index in [-0.39, 0.29) is 22.7 Å². The highest BCUT2D eigenvalue weighted by Gasteiger charge is 2.23. The minimum Gasteiger partial charge on any atom is -0.506 e. The Morgan fingerprint density at radius 3 is 2.60 bits per heavy atom. The highest BCUT2D eigenvalue weighted by atomic mass is 35.5. The summed E-state index contributed by atoms with van der Waals surface area (Å²) in [6, 6.07) is 20.6. The van der Waals surface area contributed by atoms with Gasteiger partial charge in [0.25, 0.3) is 5.91 Å². The molecule has 0 bridgehead atoms. The molecule has 0 saturated heterocycles. The number of hydrogen-bond acceptors (Lipinski definition) is 8. The third-order valence-electron chi connectivity index (χ3n) is 7.30. The number of carbonyl (C=O) groups excluding carboxylic acids is 2. The number of aliphatic hydroxyl groups excluding tert-OH is 1. The number of aromatic hydroxyl groups is 1. The standard InChI is InChI=1S/C33H32ClN7O5S/c1-33(2,3)27-15-28(41(39-27)20-12-13-24(43)21(34)14-20)37-31(45)35-16-19-8-4-6-10-25(19)46-29(18-42)38-30(44)23-17-36-32-40(23)22-9-5-7-11-26(22)47-32/h4-15,17,29,42-43H,16,18H2,1-3H3,(H,38,44)(H2,35,37,45). The van der Waals surface area contributed by atoms with E-state index in [1.165, 1.54) is 23.6 Å². The molecule has 1 atom stereocenters. The Balaban J connectivity index is 1.14. The van der Waals surface area contributed by atoms with Crippen LogP contribution in [0.25, 0.3) is 20.9 Å². The fourth-order valence-corrected chi connectivity index (χ4v) is 6.05. The number of imidazole rings is 1. The molecule has 14 heteroatoms. The zero-order valence-electron chi connectivity index (χ0n) is 25.7. The lowest BCUT2D eigenvalue weighted by Crippen LogP contribution is -2.42. The summed E-state index contributed by atoms with van der Waals surface area (Å²) in [5.74, 6) is 0.237. The molecule has 3 aromatic heterocycles. The number of urea groups is 1. The normalized spacial score (nSPS) is 12.3. The van der Waals surface area contributed by atoms with Gasteiger partial charge in [-0.25, -0.2) is 14.5 Å². The van der Waals surface area contributed by atoms with Crippen molar-refractivity contribution in [2.75, 3.05) is 11.9 Å². The van der Waals surface area contributed by atoms with Gasteiger partial charge in [0.2, 0.25) is 0 Å². The van der Waals surface area contributed by atoms with Crippen molar-refractivity contribution in [2.45, 2.75) is 39.0 Å². The number of phenols is 1. The summed E-state index contributed by atoms with van der Waals surface area (Å²) in [6.07, 6.45) is 0.417. The number of aromatic nitrogens is 4. The van der Waals surface area contributed by atoms with E-state index in [1.54, 1.807) is 51.5 Å². The van der Waals surface area contributed by atoms with Crippen LogP contribution < -0.4 is 20.7 Å². The number of amides is 3. The smallest absolute Gasteiger partial charge is 0.320 e. The molecular weight excluding hydrogens is 642 g/mol. The van der Waals surface area contributed by atoms with E-state index >= 15 is 0 Å². The van der Waals surface area contributed by atoms with E-state index in [9.17, 15) is 19.8 Å². The van der Waals surface area contributed by atoms with Crippen molar-refractivity contribution in [3.8, 4) is 17.2 Å². The third kappa shape index (κ3) is 6.73. The first-order valence-electron chi connectivity index (χ1n) is 14.7. The first kappa shape index (κ1) is 31.9. The van der Waals surface area contributed by atoms with Gasteiger partial charge in [-0.2, -0.15) is 5.10 Å². The maximum atomic E-state index is 13.3. The topological polar surface area (TPSA) is 155 Å². The highest BCUT2D eigenvalue weighted by molar-refractivity contribution is 7.23. The van der Waals surface area contributed by atoms with Gasteiger partial charge in [0, 0.05) is 23.6 Å². The molecule has 3 heterocycles. The second-order valence-corrected chi connectivity index (χ2v) is 13.1. The van der Waals surface area contributed by atoms with Gasteiger partial charge < -0.3 is 25.6 Å². The Kier molecular flexibility index (Phi) is 8.78. The predicted molar refractivity (Wildman–Crippen MR) is 181 cm³/mol. The van der Waals surface area contributed by atoms with E-state index in [1.807, 2.05) is 45.0 Å². The van der Waals surface area contributed by atoms with Crippen molar-refractivity contribution in [1.82, 2.24) is 29.8 Å². The van der Waals surface area contributed by atoms with E-state index in [2.05, 4.69) is 26.0 Å². The van der Waals surface area contributed by atoms with Crippen molar-refractivity contribution in [3.05, 3.63) is 101 Å². The maximum absolute atomic E-state index is 13.3. The average Bonchev–Trinajstić information content (AvgIpc) is 3.75. The fraction of sp³-hybridized carbons (Fsp3) is 0.212. The number of ether oxygens (including phenoxy) is 1. The molecule has 6 rings (SSSR count). The van der Waals surface area contributed by atoms with E-state index in [4.69, 9.17) is 16.3 Å². The number of carbonyl (C=O) groups is 2. The maximum Gasteiger partial charge on any atom is 0.320 e. The first-order valence-corrected chi connectivity index (χ1v) is 15.9. The van der Waals surface area contributed by atoms with Crippen LogP contribution in [-0.2, 0) is 12.0 Å². The number of anilines is 1. The number of halogens is 1. The van der Waals surface area contributed by atoms with Gasteiger partial charge in [-0.1, -0.05) is 74.0 Å². The lowest BCUT2D eigenvalue weighted by Gasteiger charge is -2.20. The minimum absolute atomic E-state index is 0.0648. The number of benzene rings is 3. The summed E-state index contributed by atoms with van der Waals surface area (Å²) in [5, 5.41) is 33.2. The van der Waals surface area contributed by atoms with Crippen LogP contribution in [-0.4, -0.2) is 54.2 Å². The number of phenolic OH excluding ortho intramolecular Hbond substituents is 1. The average molecular weight is 674 g/mol. The Bertz CT molecular complexity index is 2100. The lowest BCUT2D eigenvalue weighted by atomic mass is 9.92. The molecule has 3 aromatic carbocycles. The number of aliphatic hydroxyl groups is 1. The molecule has 242 valence electrons. The molecule has 0 aliphatic heterocycles. The highest BCUT2D eigenvalue weighted by Crippen LogP contribution is 2.30. The van der Waals surface area contributed by atoms with Crippen LogP contribution >= 0.6 is 22.9 Å². The van der Waals surface area contributed by atoms with Crippen LogP contribution in [0.5, 0.6) is 11.5 Å². The summed E-state index contributed by atoms with van der Waals surface area (Å²) in [6.45, 7) is 5.59. The van der Waals surface area contributed by atoms with Crippen LogP contribution in [0.1, 0.15) is 42.5 Å². The summed E-state index contributed by atoms with van der Waals surface area (Å²) >= 11 is 7.62. The molecule has 0 saturated carbocycles. The second kappa shape index (κ2) is 12.9. The van der Waals surface area contributed by atoms with Gasteiger partial charge >= 0.3 is 6.03 Å². The fourth-order valence-electron chi connectivity index (χ4n) is 4.87. The summed E-state index contributed by atoms with van der Waals surface area (Å²) < 4.78 is 10.3. The van der Waals surface area contributed by atoms with Crippen LogP contribution in [0.2, 0.25) is 5.02 Å². The molecule has 1 unspecified atom stereocenters. The number of nitrogens with zero attached hydrogens (tertiary/aromatic N) is 4.